The second-order valence-electron chi connectivity index (χ2n) is 8.68. The lowest BCUT2D eigenvalue weighted by molar-refractivity contribution is 0.281. The van der Waals surface area contributed by atoms with Crippen LogP contribution in [0, 0.1) is 11.6 Å². The van der Waals surface area contributed by atoms with Crippen molar-refractivity contribution >= 4 is 11.9 Å². The molecule has 3 aromatic rings. The summed E-state index contributed by atoms with van der Waals surface area (Å²) in [6.45, 7) is 3.27. The van der Waals surface area contributed by atoms with Crippen LogP contribution in [-0.2, 0) is 19.7 Å². The van der Waals surface area contributed by atoms with Crippen LogP contribution in [0.3, 0.4) is 0 Å². The molecule has 1 aliphatic rings. The van der Waals surface area contributed by atoms with E-state index in [1.54, 1.807) is 24.1 Å². The molecule has 5 heteroatoms. The quantitative estimate of drug-likeness (QED) is 0.325. The van der Waals surface area contributed by atoms with Gasteiger partial charge in [0.2, 0.25) is 0 Å². The standard InChI is InChI=1S/C30H29F2NOS/c1-22-4-2-3-5-30(15-6-22)35-33(19-23-7-11-28(31)12-8-23)20-24-16-25(21-34)18-27(17-24)26-9-13-29(32)14-10-26/h4-18,34H,2-3,19-21H2,1H3/b15-6-,22-4-,30-5?. The summed E-state index contributed by atoms with van der Waals surface area (Å²) in [6.07, 6.45) is 10.7. The number of aliphatic hydroxyl groups excluding tert-OH is 1. The second kappa shape index (κ2) is 12.1. The van der Waals surface area contributed by atoms with E-state index in [1.165, 1.54) is 29.8 Å². The van der Waals surface area contributed by atoms with E-state index in [9.17, 15) is 13.9 Å². The van der Waals surface area contributed by atoms with Gasteiger partial charge in [-0.05, 0) is 102 Å². The average molecular weight is 490 g/mol. The fraction of sp³-hybridized carbons (Fsp3) is 0.200. The predicted octanol–water partition coefficient (Wildman–Crippen LogP) is 7.95. The van der Waals surface area contributed by atoms with Crippen LogP contribution in [0.5, 0.6) is 0 Å². The summed E-state index contributed by atoms with van der Waals surface area (Å²) < 4.78 is 29.2. The summed E-state index contributed by atoms with van der Waals surface area (Å²) in [5.41, 5.74) is 5.94. The smallest absolute Gasteiger partial charge is 0.123 e. The molecule has 0 saturated carbocycles. The highest BCUT2D eigenvalue weighted by Gasteiger charge is 2.13. The lowest BCUT2D eigenvalue weighted by Gasteiger charge is -2.23. The highest BCUT2D eigenvalue weighted by Crippen LogP contribution is 2.31. The highest BCUT2D eigenvalue weighted by atomic mass is 32.2. The Morgan fingerprint density at radius 2 is 1.37 bits per heavy atom. The van der Waals surface area contributed by atoms with Crippen LogP contribution in [0.4, 0.5) is 8.78 Å². The third-order valence-corrected chi connectivity index (χ3v) is 6.80. The highest BCUT2D eigenvalue weighted by molar-refractivity contribution is 8.01. The summed E-state index contributed by atoms with van der Waals surface area (Å²) in [5.74, 6) is -0.528. The molecule has 0 unspecified atom stereocenters. The van der Waals surface area contributed by atoms with Crippen molar-refractivity contribution in [3.05, 3.63) is 130 Å². The zero-order chi connectivity index (χ0) is 24.6. The summed E-state index contributed by atoms with van der Waals surface area (Å²) in [7, 11) is 0. The Balaban J connectivity index is 1.63. The van der Waals surface area contributed by atoms with Gasteiger partial charge in [0.25, 0.3) is 0 Å². The maximum Gasteiger partial charge on any atom is 0.123 e. The Kier molecular flexibility index (Phi) is 8.69. The fourth-order valence-corrected chi connectivity index (χ4v) is 5.02. The molecule has 0 aromatic heterocycles. The van der Waals surface area contributed by atoms with Crippen molar-refractivity contribution in [3.63, 3.8) is 0 Å². The first-order valence-electron chi connectivity index (χ1n) is 11.7. The van der Waals surface area contributed by atoms with Gasteiger partial charge in [-0.15, -0.1) is 0 Å². The molecule has 0 radical (unpaired) electrons. The molecule has 0 fully saturated rings. The van der Waals surface area contributed by atoms with Crippen molar-refractivity contribution in [3.8, 4) is 11.1 Å². The van der Waals surface area contributed by atoms with Crippen LogP contribution in [0.2, 0.25) is 0 Å². The summed E-state index contributed by atoms with van der Waals surface area (Å²) in [5, 5.41) is 9.88. The Bertz CT molecular complexity index is 1230. The van der Waals surface area contributed by atoms with Gasteiger partial charge in [0.15, 0.2) is 0 Å². The zero-order valence-corrected chi connectivity index (χ0v) is 20.6. The van der Waals surface area contributed by atoms with Crippen LogP contribution in [0.15, 0.2) is 102 Å². The number of hydrogen-bond donors (Lipinski definition) is 1. The molecule has 0 aliphatic heterocycles. The van der Waals surface area contributed by atoms with Crippen molar-refractivity contribution in [1.82, 2.24) is 4.31 Å². The molecule has 0 spiro atoms. The number of benzene rings is 3. The molecule has 180 valence electrons. The maximum absolute atomic E-state index is 13.5. The van der Waals surface area contributed by atoms with Crippen LogP contribution in [0.1, 0.15) is 36.5 Å². The SMILES string of the molecule is CC1=C/CCC=C(SN(Cc2ccc(F)cc2)Cc2cc(CO)cc(-c3ccc(F)cc3)c2)/C=C\1. The van der Waals surface area contributed by atoms with Gasteiger partial charge >= 0.3 is 0 Å². The Labute approximate surface area is 210 Å². The van der Waals surface area contributed by atoms with Crippen molar-refractivity contribution in [2.45, 2.75) is 39.5 Å². The van der Waals surface area contributed by atoms with Crippen LogP contribution < -0.4 is 0 Å². The van der Waals surface area contributed by atoms with E-state index in [1.807, 2.05) is 24.3 Å². The van der Waals surface area contributed by atoms with Gasteiger partial charge in [-0.3, -0.25) is 0 Å². The van der Waals surface area contributed by atoms with Gasteiger partial charge in [0.1, 0.15) is 11.6 Å². The predicted molar refractivity (Wildman–Crippen MR) is 141 cm³/mol. The van der Waals surface area contributed by atoms with E-state index in [0.29, 0.717) is 13.1 Å². The van der Waals surface area contributed by atoms with E-state index in [2.05, 4.69) is 41.6 Å². The van der Waals surface area contributed by atoms with Crippen LogP contribution >= 0.6 is 11.9 Å². The van der Waals surface area contributed by atoms with Gasteiger partial charge in [-0.1, -0.05) is 54.1 Å². The fourth-order valence-electron chi connectivity index (χ4n) is 3.97. The largest absolute Gasteiger partial charge is 0.392 e. The van der Waals surface area contributed by atoms with Gasteiger partial charge in [-0.25, -0.2) is 13.1 Å². The molecule has 3 aromatic carbocycles. The number of allylic oxidation sites excluding steroid dienone is 5. The average Bonchev–Trinajstić information content (AvgIpc) is 2.85. The summed E-state index contributed by atoms with van der Waals surface area (Å²) in [6, 6.07) is 19.0. The van der Waals surface area contributed by atoms with Gasteiger partial charge < -0.3 is 5.11 Å². The first kappa shape index (κ1) is 25.1. The first-order valence-corrected chi connectivity index (χ1v) is 12.5. The summed E-state index contributed by atoms with van der Waals surface area (Å²) in [4.78, 5) is 1.16. The second-order valence-corrected chi connectivity index (χ2v) is 9.85. The molecule has 0 saturated heterocycles. The lowest BCUT2D eigenvalue weighted by Crippen LogP contribution is -2.15. The summed E-state index contributed by atoms with van der Waals surface area (Å²) >= 11 is 1.68. The van der Waals surface area contributed by atoms with E-state index < -0.39 is 0 Å². The molecule has 35 heavy (non-hydrogen) atoms. The molecule has 2 nitrogen and oxygen atoms in total. The Hall–Kier alpha value is -2.99. The number of nitrogens with zero attached hydrogens (tertiary/aromatic N) is 1. The van der Waals surface area contributed by atoms with Crippen molar-refractivity contribution < 1.29 is 13.9 Å². The molecule has 1 N–H and O–H groups in total. The molecular formula is C30H29F2NOS. The number of aliphatic hydroxyl groups is 1. The van der Waals surface area contributed by atoms with E-state index in [4.69, 9.17) is 0 Å². The zero-order valence-electron chi connectivity index (χ0n) is 19.8. The van der Waals surface area contributed by atoms with Crippen molar-refractivity contribution in [2.24, 2.45) is 0 Å². The van der Waals surface area contributed by atoms with E-state index in [0.717, 1.165) is 45.6 Å². The first-order chi connectivity index (χ1) is 17.0. The minimum Gasteiger partial charge on any atom is -0.392 e. The van der Waals surface area contributed by atoms with Crippen LogP contribution in [0.25, 0.3) is 11.1 Å². The molecule has 0 heterocycles. The Morgan fingerprint density at radius 3 is 2.09 bits per heavy atom. The molecule has 4 rings (SSSR count). The number of halogens is 2. The van der Waals surface area contributed by atoms with Crippen LogP contribution in [-0.4, -0.2) is 9.41 Å². The number of rotatable bonds is 8. The molecule has 0 bridgehead atoms. The molecule has 0 amide bonds. The third kappa shape index (κ3) is 7.49. The monoisotopic (exact) mass is 489 g/mol. The maximum atomic E-state index is 13.5. The van der Waals surface area contributed by atoms with E-state index >= 15 is 0 Å². The van der Waals surface area contributed by atoms with Crippen molar-refractivity contribution in [1.29, 1.82) is 0 Å². The van der Waals surface area contributed by atoms with Crippen molar-refractivity contribution in [2.75, 3.05) is 0 Å². The van der Waals surface area contributed by atoms with Gasteiger partial charge in [0, 0.05) is 18.0 Å². The van der Waals surface area contributed by atoms with E-state index in [-0.39, 0.29) is 18.2 Å². The third-order valence-electron chi connectivity index (χ3n) is 5.77. The number of hydrogen-bond acceptors (Lipinski definition) is 3. The minimum atomic E-state index is -0.278. The molecular weight excluding hydrogens is 460 g/mol. The Morgan fingerprint density at radius 1 is 0.743 bits per heavy atom. The normalized spacial score (nSPS) is 16.3. The van der Waals surface area contributed by atoms with Gasteiger partial charge in [-0.2, -0.15) is 0 Å². The lowest BCUT2D eigenvalue weighted by atomic mass is 10.00. The van der Waals surface area contributed by atoms with Gasteiger partial charge in [0.05, 0.1) is 6.61 Å². The molecule has 1 aliphatic carbocycles. The molecule has 0 atom stereocenters. The topological polar surface area (TPSA) is 23.5 Å². The minimum absolute atomic E-state index is 0.0767.